The molecule has 1 heterocycles. The van der Waals surface area contributed by atoms with Gasteiger partial charge in [0.1, 0.15) is 10.8 Å². The maximum absolute atomic E-state index is 12.5. The number of aromatic nitrogens is 1. The summed E-state index contributed by atoms with van der Waals surface area (Å²) >= 11 is 4.90. The number of nitrogens with two attached hydrogens (primary N) is 1. The molecule has 1 aromatic heterocycles. The molecule has 0 unspecified atom stereocenters. The fourth-order valence-corrected chi connectivity index (χ4v) is 1.88. The average molecular weight is 311 g/mol. The van der Waals surface area contributed by atoms with Crippen LogP contribution in [0.2, 0.25) is 0 Å². The van der Waals surface area contributed by atoms with Crippen molar-refractivity contribution in [3.8, 4) is 0 Å². The zero-order chi connectivity index (χ0) is 15.6. The third-order valence-electron chi connectivity index (χ3n) is 2.72. The molecule has 0 amide bonds. The minimum absolute atomic E-state index is 0.232. The summed E-state index contributed by atoms with van der Waals surface area (Å²) < 4.78 is 37.4. The molecule has 0 bridgehead atoms. The molecule has 0 spiro atoms. The SMILES string of the molecule is Cc1cc(C(N)=S)cc(Nc2ccc(C(F)(F)F)cc2)n1. The van der Waals surface area contributed by atoms with Crippen molar-refractivity contribution >= 4 is 28.7 Å². The van der Waals surface area contributed by atoms with Gasteiger partial charge in [0.2, 0.25) is 0 Å². The van der Waals surface area contributed by atoms with Crippen molar-refractivity contribution in [1.82, 2.24) is 4.98 Å². The normalized spacial score (nSPS) is 11.2. The van der Waals surface area contributed by atoms with Gasteiger partial charge in [-0.25, -0.2) is 4.98 Å². The van der Waals surface area contributed by atoms with E-state index in [0.717, 1.165) is 12.1 Å². The van der Waals surface area contributed by atoms with Gasteiger partial charge in [0, 0.05) is 16.9 Å². The fourth-order valence-electron chi connectivity index (χ4n) is 1.77. The van der Waals surface area contributed by atoms with Crippen LogP contribution in [-0.4, -0.2) is 9.97 Å². The second-order valence-corrected chi connectivity index (χ2v) is 4.89. The Balaban J connectivity index is 2.24. The maximum atomic E-state index is 12.5. The van der Waals surface area contributed by atoms with E-state index in [1.807, 2.05) is 0 Å². The number of aryl methyl sites for hydroxylation is 1. The van der Waals surface area contributed by atoms with Gasteiger partial charge in [0.25, 0.3) is 0 Å². The van der Waals surface area contributed by atoms with Crippen molar-refractivity contribution in [3.63, 3.8) is 0 Å². The van der Waals surface area contributed by atoms with E-state index in [-0.39, 0.29) is 4.99 Å². The smallest absolute Gasteiger partial charge is 0.389 e. The zero-order valence-electron chi connectivity index (χ0n) is 11.0. The largest absolute Gasteiger partial charge is 0.416 e. The lowest BCUT2D eigenvalue weighted by atomic mass is 10.2. The van der Waals surface area contributed by atoms with Gasteiger partial charge >= 0.3 is 6.18 Å². The van der Waals surface area contributed by atoms with Crippen molar-refractivity contribution in [1.29, 1.82) is 0 Å². The molecule has 7 heteroatoms. The standard InChI is InChI=1S/C14H12F3N3S/c1-8-6-9(13(18)21)7-12(19-8)20-11-4-2-10(3-5-11)14(15,16)17/h2-7H,1H3,(H2,18,21)(H,19,20). The van der Waals surface area contributed by atoms with Crippen LogP contribution in [0.25, 0.3) is 0 Å². The summed E-state index contributed by atoms with van der Waals surface area (Å²) in [5.74, 6) is 0.470. The van der Waals surface area contributed by atoms with E-state index in [2.05, 4.69) is 10.3 Å². The van der Waals surface area contributed by atoms with E-state index in [0.29, 0.717) is 22.8 Å². The van der Waals surface area contributed by atoms with Crippen LogP contribution in [0, 0.1) is 6.92 Å². The molecule has 21 heavy (non-hydrogen) atoms. The van der Waals surface area contributed by atoms with Crippen LogP contribution in [-0.2, 0) is 6.18 Å². The second-order valence-electron chi connectivity index (χ2n) is 4.45. The van der Waals surface area contributed by atoms with Gasteiger partial charge in [-0.05, 0) is 43.3 Å². The lowest BCUT2D eigenvalue weighted by Crippen LogP contribution is -2.10. The lowest BCUT2D eigenvalue weighted by Gasteiger charge is -2.10. The molecular weight excluding hydrogens is 299 g/mol. The summed E-state index contributed by atoms with van der Waals surface area (Å²) in [5.41, 5.74) is 6.71. The molecular formula is C14H12F3N3S. The number of rotatable bonds is 3. The molecule has 0 saturated heterocycles. The van der Waals surface area contributed by atoms with Crippen molar-refractivity contribution in [3.05, 3.63) is 53.2 Å². The highest BCUT2D eigenvalue weighted by Crippen LogP contribution is 2.30. The Hall–Kier alpha value is -2.15. The van der Waals surface area contributed by atoms with Crippen LogP contribution in [0.15, 0.2) is 36.4 Å². The fraction of sp³-hybridized carbons (Fsp3) is 0.143. The molecule has 0 fully saturated rings. The predicted octanol–water partition coefficient (Wildman–Crippen LogP) is 3.79. The summed E-state index contributed by atoms with van der Waals surface area (Å²) in [6, 6.07) is 8.08. The van der Waals surface area contributed by atoms with E-state index in [9.17, 15) is 13.2 Å². The Labute approximate surface area is 125 Å². The van der Waals surface area contributed by atoms with Crippen molar-refractivity contribution in [2.24, 2.45) is 5.73 Å². The predicted molar refractivity (Wildman–Crippen MR) is 79.6 cm³/mol. The van der Waals surface area contributed by atoms with Crippen LogP contribution >= 0.6 is 12.2 Å². The number of nitrogens with zero attached hydrogens (tertiary/aromatic N) is 1. The van der Waals surface area contributed by atoms with Gasteiger partial charge in [-0.1, -0.05) is 12.2 Å². The zero-order valence-corrected chi connectivity index (χ0v) is 11.8. The first-order valence-electron chi connectivity index (χ1n) is 5.98. The number of pyridine rings is 1. The Morgan fingerprint density at radius 3 is 2.33 bits per heavy atom. The molecule has 110 valence electrons. The molecule has 3 nitrogen and oxygen atoms in total. The molecule has 2 aromatic rings. The first-order chi connectivity index (χ1) is 9.75. The molecule has 0 atom stereocenters. The average Bonchev–Trinajstić information content (AvgIpc) is 2.37. The first-order valence-corrected chi connectivity index (χ1v) is 6.39. The van der Waals surface area contributed by atoms with E-state index in [1.54, 1.807) is 19.1 Å². The van der Waals surface area contributed by atoms with Gasteiger partial charge in [0.05, 0.1) is 5.56 Å². The number of anilines is 2. The van der Waals surface area contributed by atoms with Gasteiger partial charge < -0.3 is 11.1 Å². The van der Waals surface area contributed by atoms with E-state index < -0.39 is 11.7 Å². The highest BCUT2D eigenvalue weighted by molar-refractivity contribution is 7.80. The monoisotopic (exact) mass is 311 g/mol. The number of nitrogens with one attached hydrogen (secondary N) is 1. The molecule has 0 aliphatic heterocycles. The Bertz CT molecular complexity index is 666. The number of thiocarbonyl (C=S) groups is 1. The Morgan fingerprint density at radius 2 is 1.81 bits per heavy atom. The first kappa shape index (κ1) is 15.2. The van der Waals surface area contributed by atoms with Gasteiger partial charge in [0.15, 0.2) is 0 Å². The molecule has 2 rings (SSSR count). The Kier molecular flexibility index (Phi) is 4.13. The number of halogens is 3. The summed E-state index contributed by atoms with van der Waals surface area (Å²) in [6.07, 6.45) is -4.35. The third-order valence-corrected chi connectivity index (χ3v) is 2.96. The third kappa shape index (κ3) is 3.91. The van der Waals surface area contributed by atoms with Gasteiger partial charge in [-0.3, -0.25) is 0 Å². The number of benzene rings is 1. The lowest BCUT2D eigenvalue weighted by molar-refractivity contribution is -0.137. The summed E-state index contributed by atoms with van der Waals surface area (Å²) in [7, 11) is 0. The van der Waals surface area contributed by atoms with Gasteiger partial charge in [-0.2, -0.15) is 13.2 Å². The van der Waals surface area contributed by atoms with Crippen molar-refractivity contribution < 1.29 is 13.2 Å². The molecule has 3 N–H and O–H groups in total. The number of alkyl halides is 3. The Morgan fingerprint density at radius 1 is 1.19 bits per heavy atom. The highest BCUT2D eigenvalue weighted by atomic mass is 32.1. The minimum atomic E-state index is -4.35. The highest BCUT2D eigenvalue weighted by Gasteiger charge is 2.29. The molecule has 0 saturated carbocycles. The summed E-state index contributed by atoms with van der Waals surface area (Å²) in [4.78, 5) is 4.47. The summed E-state index contributed by atoms with van der Waals surface area (Å²) in [6.45, 7) is 1.78. The molecule has 0 aliphatic rings. The van der Waals surface area contributed by atoms with Gasteiger partial charge in [-0.15, -0.1) is 0 Å². The molecule has 1 aromatic carbocycles. The van der Waals surface area contributed by atoms with Crippen LogP contribution in [0.4, 0.5) is 24.7 Å². The van der Waals surface area contributed by atoms with Crippen LogP contribution in [0.5, 0.6) is 0 Å². The molecule has 0 aliphatic carbocycles. The second kappa shape index (κ2) is 5.69. The van der Waals surface area contributed by atoms with Crippen molar-refractivity contribution in [2.45, 2.75) is 13.1 Å². The maximum Gasteiger partial charge on any atom is 0.416 e. The number of hydrogen-bond acceptors (Lipinski definition) is 3. The minimum Gasteiger partial charge on any atom is -0.389 e. The van der Waals surface area contributed by atoms with E-state index in [4.69, 9.17) is 18.0 Å². The van der Waals surface area contributed by atoms with Crippen LogP contribution in [0.3, 0.4) is 0 Å². The van der Waals surface area contributed by atoms with Crippen LogP contribution < -0.4 is 11.1 Å². The van der Waals surface area contributed by atoms with Crippen molar-refractivity contribution in [2.75, 3.05) is 5.32 Å². The summed E-state index contributed by atoms with van der Waals surface area (Å²) in [5, 5.41) is 2.93. The quantitative estimate of drug-likeness (QED) is 0.847. The topological polar surface area (TPSA) is 50.9 Å². The number of hydrogen-bond donors (Lipinski definition) is 2. The van der Waals surface area contributed by atoms with Crippen LogP contribution in [0.1, 0.15) is 16.8 Å². The van der Waals surface area contributed by atoms with E-state index >= 15 is 0 Å². The van der Waals surface area contributed by atoms with E-state index in [1.165, 1.54) is 12.1 Å². The molecule has 0 radical (unpaired) electrons.